The molecule has 2 N–H and O–H groups in total. The van der Waals surface area contributed by atoms with Crippen LogP contribution in [0.4, 0.5) is 0 Å². The van der Waals surface area contributed by atoms with Crippen molar-refractivity contribution < 1.29 is 0 Å². The Balaban J connectivity index is 0.00000208. The van der Waals surface area contributed by atoms with Gasteiger partial charge < -0.3 is 10.6 Å². The van der Waals surface area contributed by atoms with Gasteiger partial charge in [0.15, 0.2) is 5.96 Å². The first-order chi connectivity index (χ1) is 11.3. The van der Waals surface area contributed by atoms with Gasteiger partial charge in [0.2, 0.25) is 0 Å². The number of imidazole rings is 1. The lowest BCUT2D eigenvalue weighted by Crippen LogP contribution is -2.36. The summed E-state index contributed by atoms with van der Waals surface area (Å²) in [5, 5.41) is 10.8. The highest BCUT2D eigenvalue weighted by atomic mass is 127. The maximum Gasteiger partial charge on any atom is 0.191 e. The molecule has 126 valence electrons. The molecule has 3 heterocycles. The van der Waals surface area contributed by atoms with Crippen LogP contribution >= 0.6 is 35.3 Å². The number of nitrogens with zero attached hydrogens (tertiary/aromatic N) is 4. The molecular weight excluding hydrogens is 435 g/mol. The molecule has 8 heteroatoms. The van der Waals surface area contributed by atoms with E-state index in [0.717, 1.165) is 23.9 Å². The van der Waals surface area contributed by atoms with Gasteiger partial charge in [-0.3, -0.25) is 9.56 Å². The molecule has 0 amide bonds. The second-order valence-electron chi connectivity index (χ2n) is 4.91. The molecule has 0 aliphatic rings. The van der Waals surface area contributed by atoms with Gasteiger partial charge in [0.1, 0.15) is 12.1 Å². The van der Waals surface area contributed by atoms with Crippen LogP contribution in [0.1, 0.15) is 11.1 Å². The number of aliphatic imine (C=N–C) groups is 1. The van der Waals surface area contributed by atoms with Gasteiger partial charge in [0.25, 0.3) is 0 Å². The van der Waals surface area contributed by atoms with Crippen LogP contribution in [0.3, 0.4) is 0 Å². The topological polar surface area (TPSA) is 67.1 Å². The summed E-state index contributed by atoms with van der Waals surface area (Å²) in [6.07, 6.45) is 7.20. The standard InChI is InChI=1S/C16H18N6S.HI/c1-17-16(21-10-14-4-7-23-11-14)20-9-13-2-3-15(19-8-13)22-6-5-18-12-22;/h2-8,11-12H,9-10H2,1H3,(H2,17,20,21);1H. The number of hydrogen-bond acceptors (Lipinski definition) is 4. The third-order valence-corrected chi connectivity index (χ3v) is 4.03. The molecule has 0 bridgehead atoms. The zero-order valence-corrected chi connectivity index (χ0v) is 16.4. The van der Waals surface area contributed by atoms with Crippen LogP contribution < -0.4 is 10.6 Å². The van der Waals surface area contributed by atoms with Crippen LogP contribution in [0.15, 0.2) is 58.9 Å². The molecule has 0 aliphatic heterocycles. The van der Waals surface area contributed by atoms with Gasteiger partial charge in [0, 0.05) is 38.7 Å². The molecule has 0 aromatic carbocycles. The molecule has 0 saturated carbocycles. The van der Waals surface area contributed by atoms with Crippen molar-refractivity contribution in [2.45, 2.75) is 13.1 Å². The third kappa shape index (κ3) is 5.03. The zero-order chi connectivity index (χ0) is 15.9. The molecule has 6 nitrogen and oxygen atoms in total. The summed E-state index contributed by atoms with van der Waals surface area (Å²) in [4.78, 5) is 12.7. The third-order valence-electron chi connectivity index (χ3n) is 3.30. The van der Waals surface area contributed by atoms with E-state index in [-0.39, 0.29) is 24.0 Å². The van der Waals surface area contributed by atoms with Crippen molar-refractivity contribution in [3.63, 3.8) is 0 Å². The fourth-order valence-corrected chi connectivity index (χ4v) is 2.72. The Morgan fingerprint density at radius 3 is 2.62 bits per heavy atom. The molecule has 3 rings (SSSR count). The van der Waals surface area contributed by atoms with E-state index in [0.29, 0.717) is 6.54 Å². The van der Waals surface area contributed by atoms with E-state index < -0.39 is 0 Å². The van der Waals surface area contributed by atoms with Gasteiger partial charge in [-0.2, -0.15) is 11.3 Å². The summed E-state index contributed by atoms with van der Waals surface area (Å²) in [5.41, 5.74) is 2.34. The number of nitrogens with one attached hydrogen (secondary N) is 2. The van der Waals surface area contributed by atoms with Crippen molar-refractivity contribution in [3.8, 4) is 5.82 Å². The zero-order valence-electron chi connectivity index (χ0n) is 13.2. The number of rotatable bonds is 5. The maximum atomic E-state index is 4.44. The summed E-state index contributed by atoms with van der Waals surface area (Å²) in [6.45, 7) is 1.43. The fraction of sp³-hybridized carbons (Fsp3) is 0.188. The van der Waals surface area contributed by atoms with Gasteiger partial charge in [-0.25, -0.2) is 9.97 Å². The van der Waals surface area contributed by atoms with Crippen molar-refractivity contribution in [1.29, 1.82) is 0 Å². The lowest BCUT2D eigenvalue weighted by atomic mass is 10.3. The van der Waals surface area contributed by atoms with Gasteiger partial charge in [-0.05, 0) is 34.0 Å². The molecule has 0 atom stereocenters. The van der Waals surface area contributed by atoms with E-state index in [4.69, 9.17) is 0 Å². The van der Waals surface area contributed by atoms with Crippen molar-refractivity contribution in [1.82, 2.24) is 25.2 Å². The number of halogens is 1. The number of thiophene rings is 1. The molecular formula is C16H19IN6S. The van der Waals surface area contributed by atoms with E-state index in [2.05, 4.69) is 42.4 Å². The Labute approximate surface area is 162 Å². The molecule has 24 heavy (non-hydrogen) atoms. The minimum atomic E-state index is 0. The Morgan fingerprint density at radius 2 is 2.04 bits per heavy atom. The Morgan fingerprint density at radius 1 is 1.21 bits per heavy atom. The largest absolute Gasteiger partial charge is 0.352 e. The van der Waals surface area contributed by atoms with E-state index >= 15 is 0 Å². The number of hydrogen-bond donors (Lipinski definition) is 2. The quantitative estimate of drug-likeness (QED) is 0.354. The number of guanidine groups is 1. The first kappa shape index (κ1) is 18.4. The Hall–Kier alpha value is -1.94. The van der Waals surface area contributed by atoms with E-state index in [1.807, 2.05) is 29.1 Å². The van der Waals surface area contributed by atoms with Crippen molar-refractivity contribution >= 4 is 41.3 Å². The molecule has 0 aliphatic carbocycles. The predicted octanol–water partition coefficient (Wildman–Crippen LogP) is 2.81. The van der Waals surface area contributed by atoms with Gasteiger partial charge in [-0.15, -0.1) is 24.0 Å². The highest BCUT2D eigenvalue weighted by Gasteiger charge is 2.01. The molecule has 0 unspecified atom stereocenters. The smallest absolute Gasteiger partial charge is 0.191 e. The number of aromatic nitrogens is 3. The first-order valence-corrected chi connectivity index (χ1v) is 8.18. The van der Waals surface area contributed by atoms with Crippen LogP contribution in [0, 0.1) is 0 Å². The molecule has 0 radical (unpaired) electrons. The Kier molecular flexibility index (Phi) is 7.19. The van der Waals surface area contributed by atoms with E-state index in [1.54, 1.807) is 30.9 Å². The summed E-state index contributed by atoms with van der Waals surface area (Å²) < 4.78 is 1.87. The molecule has 3 aromatic rings. The highest BCUT2D eigenvalue weighted by Crippen LogP contribution is 2.06. The van der Waals surface area contributed by atoms with E-state index in [9.17, 15) is 0 Å². The SMILES string of the molecule is CN=C(NCc1ccc(-n2ccnc2)nc1)NCc1ccsc1.I. The maximum absolute atomic E-state index is 4.44. The van der Waals surface area contributed by atoms with Crippen molar-refractivity contribution in [2.75, 3.05) is 7.05 Å². The van der Waals surface area contributed by atoms with Gasteiger partial charge in [0.05, 0.1) is 0 Å². The minimum absolute atomic E-state index is 0. The minimum Gasteiger partial charge on any atom is -0.352 e. The first-order valence-electron chi connectivity index (χ1n) is 7.24. The normalized spacial score (nSPS) is 11.0. The second-order valence-corrected chi connectivity index (χ2v) is 5.69. The van der Waals surface area contributed by atoms with Crippen LogP contribution in [0.25, 0.3) is 5.82 Å². The van der Waals surface area contributed by atoms with Crippen LogP contribution in [-0.2, 0) is 13.1 Å². The summed E-state index contributed by atoms with van der Waals surface area (Å²) in [7, 11) is 1.77. The average molecular weight is 454 g/mol. The number of pyridine rings is 1. The monoisotopic (exact) mass is 454 g/mol. The summed E-state index contributed by atoms with van der Waals surface area (Å²) >= 11 is 1.69. The summed E-state index contributed by atoms with van der Waals surface area (Å²) in [5.74, 6) is 1.63. The van der Waals surface area contributed by atoms with Gasteiger partial charge >= 0.3 is 0 Å². The highest BCUT2D eigenvalue weighted by molar-refractivity contribution is 14.0. The molecule has 3 aromatic heterocycles. The fourth-order valence-electron chi connectivity index (χ4n) is 2.05. The van der Waals surface area contributed by atoms with Crippen LogP contribution in [-0.4, -0.2) is 27.5 Å². The predicted molar refractivity (Wildman–Crippen MR) is 108 cm³/mol. The lowest BCUT2D eigenvalue weighted by molar-refractivity contribution is 0.807. The van der Waals surface area contributed by atoms with Gasteiger partial charge in [-0.1, -0.05) is 6.07 Å². The van der Waals surface area contributed by atoms with Crippen molar-refractivity contribution in [3.05, 3.63) is 65.0 Å². The molecule has 0 fully saturated rings. The summed E-state index contributed by atoms with van der Waals surface area (Å²) in [6, 6.07) is 6.12. The lowest BCUT2D eigenvalue weighted by Gasteiger charge is -2.11. The average Bonchev–Trinajstić information content (AvgIpc) is 3.29. The molecule has 0 spiro atoms. The van der Waals surface area contributed by atoms with Crippen molar-refractivity contribution in [2.24, 2.45) is 4.99 Å². The Bertz CT molecular complexity index is 737. The van der Waals surface area contributed by atoms with E-state index in [1.165, 1.54) is 5.56 Å². The second kappa shape index (κ2) is 9.38. The van der Waals surface area contributed by atoms with Crippen LogP contribution in [0.2, 0.25) is 0 Å². The molecule has 0 saturated heterocycles. The van der Waals surface area contributed by atoms with Crippen LogP contribution in [0.5, 0.6) is 0 Å².